The van der Waals surface area contributed by atoms with Crippen molar-refractivity contribution in [3.63, 3.8) is 0 Å². The molecule has 1 aromatic carbocycles. The van der Waals surface area contributed by atoms with Crippen molar-refractivity contribution in [3.8, 4) is 5.75 Å². The van der Waals surface area contributed by atoms with Gasteiger partial charge in [-0.25, -0.2) is 0 Å². The summed E-state index contributed by atoms with van der Waals surface area (Å²) in [7, 11) is 0. The lowest BCUT2D eigenvalue weighted by Gasteiger charge is -2.17. The zero-order valence-corrected chi connectivity index (χ0v) is 14.8. The number of nitrogens with zero attached hydrogens (tertiary/aromatic N) is 2. The van der Waals surface area contributed by atoms with Gasteiger partial charge in [0.2, 0.25) is 0 Å². The van der Waals surface area contributed by atoms with Gasteiger partial charge in [0.15, 0.2) is 12.4 Å². The molecule has 0 saturated heterocycles. The molecule has 5 rings (SSSR count). The first-order valence-electron chi connectivity index (χ1n) is 9.50. The highest BCUT2D eigenvalue weighted by atomic mass is 16.5. The Balaban J connectivity index is 1.33. The molecule has 0 radical (unpaired) electrons. The molecule has 0 spiro atoms. The first kappa shape index (κ1) is 15.9. The number of aromatic nitrogens is 2. The molecule has 2 aliphatic rings. The number of aryl methyl sites for hydroxylation is 2. The molecule has 136 valence electrons. The predicted octanol–water partition coefficient (Wildman–Crippen LogP) is 4.00. The van der Waals surface area contributed by atoms with Crippen LogP contribution in [0.5, 0.6) is 5.75 Å². The second-order valence-electron chi connectivity index (χ2n) is 7.53. The van der Waals surface area contributed by atoms with Crippen LogP contribution >= 0.6 is 0 Å². The maximum atomic E-state index is 6.38. The predicted molar refractivity (Wildman–Crippen MR) is 95.8 cm³/mol. The number of nitrogens with two attached hydrogens (primary N) is 1. The van der Waals surface area contributed by atoms with Crippen LogP contribution in [0.1, 0.15) is 61.6 Å². The molecule has 26 heavy (non-hydrogen) atoms. The summed E-state index contributed by atoms with van der Waals surface area (Å²) in [6.45, 7) is 0.245. The van der Waals surface area contributed by atoms with E-state index in [4.69, 9.17) is 19.4 Å². The van der Waals surface area contributed by atoms with Gasteiger partial charge in [-0.1, -0.05) is 18.0 Å². The van der Waals surface area contributed by atoms with Crippen LogP contribution in [-0.4, -0.2) is 10.1 Å². The van der Waals surface area contributed by atoms with Gasteiger partial charge in [0.25, 0.3) is 5.89 Å². The highest BCUT2D eigenvalue weighted by Crippen LogP contribution is 2.35. The van der Waals surface area contributed by atoms with Crippen LogP contribution in [0.15, 0.2) is 27.1 Å². The van der Waals surface area contributed by atoms with E-state index in [1.807, 2.05) is 12.1 Å². The molecule has 2 N–H and O–H groups in total. The van der Waals surface area contributed by atoms with Crippen molar-refractivity contribution in [3.05, 3.63) is 41.2 Å². The van der Waals surface area contributed by atoms with E-state index in [0.29, 0.717) is 11.7 Å². The fourth-order valence-electron chi connectivity index (χ4n) is 4.22. The third kappa shape index (κ3) is 2.69. The molecular formula is C20H23N3O3. The Labute approximate surface area is 151 Å². The molecule has 0 bridgehead atoms. The summed E-state index contributed by atoms with van der Waals surface area (Å²) in [6.07, 6.45) is 8.60. The van der Waals surface area contributed by atoms with E-state index in [1.165, 1.54) is 18.4 Å². The minimum atomic E-state index is -0.434. The average molecular weight is 353 g/mol. The molecule has 6 heteroatoms. The van der Waals surface area contributed by atoms with Crippen molar-refractivity contribution < 1.29 is 13.7 Å². The van der Waals surface area contributed by atoms with Crippen molar-refractivity contribution in [1.82, 2.24) is 10.1 Å². The van der Waals surface area contributed by atoms with Crippen LogP contribution in [0.2, 0.25) is 0 Å². The fraction of sp³-hybridized carbons (Fsp3) is 0.500. The van der Waals surface area contributed by atoms with Crippen molar-refractivity contribution in [2.24, 2.45) is 5.73 Å². The molecule has 3 aromatic rings. The molecule has 0 atom stereocenters. The van der Waals surface area contributed by atoms with Gasteiger partial charge in [-0.2, -0.15) is 4.98 Å². The second-order valence-corrected chi connectivity index (χ2v) is 7.53. The monoisotopic (exact) mass is 353 g/mol. The van der Waals surface area contributed by atoms with Gasteiger partial charge < -0.3 is 19.4 Å². The molecule has 2 heterocycles. The summed E-state index contributed by atoms with van der Waals surface area (Å²) >= 11 is 0. The molecule has 0 unspecified atom stereocenters. The van der Waals surface area contributed by atoms with Crippen LogP contribution in [-0.2, 0) is 25.0 Å². The van der Waals surface area contributed by atoms with Crippen molar-refractivity contribution >= 4 is 11.0 Å². The standard InChI is InChI=1S/C20H23N3O3/c21-20(9-3-4-10-20)19-22-18(26-23-19)12-24-13-7-8-17-15(11-13)14-5-1-2-6-16(14)25-17/h7-8,11H,1-6,9-10,12,21H2. The lowest BCUT2D eigenvalue weighted by Crippen LogP contribution is -2.34. The number of benzene rings is 1. The van der Waals surface area contributed by atoms with E-state index in [-0.39, 0.29) is 6.61 Å². The quantitative estimate of drug-likeness (QED) is 0.763. The lowest BCUT2D eigenvalue weighted by atomic mass is 9.96. The van der Waals surface area contributed by atoms with E-state index in [2.05, 4.69) is 16.2 Å². The molecule has 0 amide bonds. The summed E-state index contributed by atoms with van der Waals surface area (Å²) in [5, 5.41) is 5.24. The molecule has 1 fully saturated rings. The minimum absolute atomic E-state index is 0.245. The number of fused-ring (bicyclic) bond motifs is 3. The van der Waals surface area contributed by atoms with Crippen LogP contribution in [0.25, 0.3) is 11.0 Å². The van der Waals surface area contributed by atoms with Gasteiger partial charge in [0, 0.05) is 17.4 Å². The Bertz CT molecular complexity index is 937. The maximum Gasteiger partial charge on any atom is 0.264 e. The Morgan fingerprint density at radius 2 is 1.96 bits per heavy atom. The molecule has 0 aliphatic heterocycles. The van der Waals surface area contributed by atoms with Gasteiger partial charge in [0.05, 0.1) is 5.54 Å². The fourth-order valence-corrected chi connectivity index (χ4v) is 4.22. The van der Waals surface area contributed by atoms with E-state index in [1.54, 1.807) is 0 Å². The Morgan fingerprint density at radius 1 is 1.12 bits per heavy atom. The van der Waals surface area contributed by atoms with Gasteiger partial charge in [-0.15, -0.1) is 0 Å². The lowest BCUT2D eigenvalue weighted by molar-refractivity contribution is 0.241. The van der Waals surface area contributed by atoms with Crippen LogP contribution in [0.4, 0.5) is 0 Å². The smallest absolute Gasteiger partial charge is 0.264 e. The number of hydrogen-bond donors (Lipinski definition) is 1. The highest BCUT2D eigenvalue weighted by Gasteiger charge is 2.36. The third-order valence-electron chi connectivity index (χ3n) is 5.70. The third-order valence-corrected chi connectivity index (χ3v) is 5.70. The van der Waals surface area contributed by atoms with Crippen LogP contribution in [0, 0.1) is 0 Å². The number of furan rings is 1. The Kier molecular flexibility index (Phi) is 3.74. The zero-order valence-electron chi connectivity index (χ0n) is 14.8. The van der Waals surface area contributed by atoms with Gasteiger partial charge in [0.1, 0.15) is 17.1 Å². The number of hydrogen-bond acceptors (Lipinski definition) is 6. The summed E-state index contributed by atoms with van der Waals surface area (Å²) in [5.74, 6) is 2.99. The van der Waals surface area contributed by atoms with E-state index in [9.17, 15) is 0 Å². The Hall–Kier alpha value is -2.34. The topological polar surface area (TPSA) is 87.3 Å². The van der Waals surface area contributed by atoms with Crippen molar-refractivity contribution in [2.75, 3.05) is 0 Å². The largest absolute Gasteiger partial charge is 0.484 e. The first-order chi connectivity index (χ1) is 12.7. The Morgan fingerprint density at radius 3 is 2.85 bits per heavy atom. The number of ether oxygens (including phenoxy) is 1. The SMILES string of the molecule is NC1(c2noc(COc3ccc4oc5c(c4c3)CCCC5)n2)CCCC1. The summed E-state index contributed by atoms with van der Waals surface area (Å²) in [4.78, 5) is 4.46. The first-order valence-corrected chi connectivity index (χ1v) is 9.50. The molecule has 6 nitrogen and oxygen atoms in total. The maximum absolute atomic E-state index is 6.38. The normalized spacial score (nSPS) is 19.0. The second kappa shape index (κ2) is 6.13. The highest BCUT2D eigenvalue weighted by molar-refractivity contribution is 5.84. The average Bonchev–Trinajstić information content (AvgIpc) is 3.38. The summed E-state index contributed by atoms with van der Waals surface area (Å²) in [6, 6.07) is 5.97. The van der Waals surface area contributed by atoms with Crippen molar-refractivity contribution in [1.29, 1.82) is 0 Å². The van der Waals surface area contributed by atoms with E-state index < -0.39 is 5.54 Å². The molecule has 1 saturated carbocycles. The minimum Gasteiger partial charge on any atom is -0.484 e. The number of rotatable bonds is 4. The molecule has 2 aliphatic carbocycles. The van der Waals surface area contributed by atoms with Gasteiger partial charge >= 0.3 is 0 Å². The molecule has 2 aromatic heterocycles. The van der Waals surface area contributed by atoms with E-state index >= 15 is 0 Å². The van der Waals surface area contributed by atoms with E-state index in [0.717, 1.165) is 61.0 Å². The van der Waals surface area contributed by atoms with Crippen molar-refractivity contribution in [2.45, 2.75) is 63.5 Å². The summed E-state index contributed by atoms with van der Waals surface area (Å²) < 4.78 is 17.2. The summed E-state index contributed by atoms with van der Waals surface area (Å²) in [5.41, 5.74) is 8.22. The van der Waals surface area contributed by atoms with Crippen LogP contribution < -0.4 is 10.5 Å². The van der Waals surface area contributed by atoms with Gasteiger partial charge in [-0.3, -0.25) is 0 Å². The zero-order chi connectivity index (χ0) is 17.6. The van der Waals surface area contributed by atoms with Gasteiger partial charge in [-0.05, 0) is 50.3 Å². The van der Waals surface area contributed by atoms with Crippen LogP contribution in [0.3, 0.4) is 0 Å². The molecular weight excluding hydrogens is 330 g/mol.